The van der Waals surface area contributed by atoms with Gasteiger partial charge in [0.05, 0.1) is 20.8 Å². The van der Waals surface area contributed by atoms with Crippen LogP contribution in [0.5, 0.6) is 11.5 Å². The number of nitrogens with one attached hydrogen (secondary N) is 1. The topological polar surface area (TPSA) is 72.1 Å². The predicted molar refractivity (Wildman–Crippen MR) is 118 cm³/mol. The molecule has 1 aliphatic rings. The number of benzene rings is 1. The number of piperidine rings is 1. The Kier molecular flexibility index (Phi) is 10.7. The Bertz CT molecular complexity index is 562. The maximum Gasteiger partial charge on any atom is 0.188 e. The molecular weight excluding hydrogens is 443 g/mol. The van der Waals surface area contributed by atoms with Crippen molar-refractivity contribution in [2.24, 2.45) is 16.6 Å². The van der Waals surface area contributed by atoms with Crippen LogP contribution in [0.25, 0.3) is 0 Å². The summed E-state index contributed by atoms with van der Waals surface area (Å²) < 4.78 is 10.6. The van der Waals surface area contributed by atoms with Crippen molar-refractivity contribution < 1.29 is 9.47 Å². The summed E-state index contributed by atoms with van der Waals surface area (Å²) >= 11 is 0. The molecule has 6 nitrogen and oxygen atoms in total. The van der Waals surface area contributed by atoms with Crippen LogP contribution in [0.2, 0.25) is 0 Å². The van der Waals surface area contributed by atoms with Crippen molar-refractivity contribution in [3.05, 3.63) is 23.8 Å². The summed E-state index contributed by atoms with van der Waals surface area (Å²) in [6.07, 6.45) is 4.03. The summed E-state index contributed by atoms with van der Waals surface area (Å²) in [6, 6.07) is 5.78. The van der Waals surface area contributed by atoms with Gasteiger partial charge in [0, 0.05) is 13.1 Å². The molecule has 0 spiro atoms. The zero-order valence-electron chi connectivity index (χ0n) is 16.2. The van der Waals surface area contributed by atoms with Gasteiger partial charge in [-0.05, 0) is 49.5 Å². The molecule has 1 aromatic rings. The highest BCUT2D eigenvalue weighted by molar-refractivity contribution is 14.0. The molecule has 0 radical (unpaired) electrons. The summed E-state index contributed by atoms with van der Waals surface area (Å²) in [7, 11) is 3.26. The molecule has 1 aromatic carbocycles. The third kappa shape index (κ3) is 7.57. The number of hydrogen-bond acceptors (Lipinski definition) is 4. The van der Waals surface area contributed by atoms with Gasteiger partial charge in [-0.15, -0.1) is 24.0 Å². The second kappa shape index (κ2) is 12.2. The van der Waals surface area contributed by atoms with E-state index in [0.29, 0.717) is 29.9 Å². The minimum absolute atomic E-state index is 0. The van der Waals surface area contributed by atoms with Crippen molar-refractivity contribution in [1.29, 1.82) is 0 Å². The predicted octanol–water partition coefficient (Wildman–Crippen LogP) is 2.85. The standard InChI is InChI=1S/C19H32N4O2.HI/c1-15(14-23-9-5-4-6-10-23)12-21-19(20)22-13-16-7-8-17(24-2)18(11-16)25-3;/h7-8,11,15H,4-6,9-10,12-14H2,1-3H3,(H3,20,21,22);1H. The largest absolute Gasteiger partial charge is 0.493 e. The van der Waals surface area contributed by atoms with Crippen LogP contribution in [-0.4, -0.2) is 51.3 Å². The molecule has 148 valence electrons. The molecule has 0 bridgehead atoms. The van der Waals surface area contributed by atoms with Gasteiger partial charge >= 0.3 is 0 Å². The van der Waals surface area contributed by atoms with Crippen LogP contribution in [0.3, 0.4) is 0 Å². The van der Waals surface area contributed by atoms with Crippen LogP contribution in [0, 0.1) is 5.92 Å². The van der Waals surface area contributed by atoms with E-state index in [1.165, 1.54) is 32.4 Å². The van der Waals surface area contributed by atoms with Crippen LogP contribution in [0.4, 0.5) is 0 Å². The quantitative estimate of drug-likeness (QED) is 0.343. The van der Waals surface area contributed by atoms with Gasteiger partial charge in [0.15, 0.2) is 17.5 Å². The van der Waals surface area contributed by atoms with Gasteiger partial charge in [0.25, 0.3) is 0 Å². The number of nitrogens with zero attached hydrogens (tertiary/aromatic N) is 2. The molecule has 0 aliphatic carbocycles. The minimum Gasteiger partial charge on any atom is -0.493 e. The lowest BCUT2D eigenvalue weighted by Crippen LogP contribution is -2.40. The number of aliphatic imine (C=N–C) groups is 1. The molecule has 1 aliphatic heterocycles. The van der Waals surface area contributed by atoms with E-state index in [1.807, 2.05) is 18.2 Å². The number of methoxy groups -OCH3 is 2. The van der Waals surface area contributed by atoms with Crippen molar-refractivity contribution in [2.45, 2.75) is 32.7 Å². The lowest BCUT2D eigenvalue weighted by atomic mass is 10.1. The van der Waals surface area contributed by atoms with Gasteiger partial charge in [-0.1, -0.05) is 19.4 Å². The number of likely N-dealkylation sites (tertiary alicyclic amines) is 1. The molecule has 1 saturated heterocycles. The van der Waals surface area contributed by atoms with E-state index in [2.05, 4.69) is 22.1 Å². The minimum atomic E-state index is 0. The van der Waals surface area contributed by atoms with Crippen molar-refractivity contribution >= 4 is 29.9 Å². The average Bonchev–Trinajstić information content (AvgIpc) is 2.65. The molecule has 0 aromatic heterocycles. The maximum atomic E-state index is 6.00. The Morgan fingerprint density at radius 3 is 2.54 bits per heavy atom. The van der Waals surface area contributed by atoms with Crippen LogP contribution in [0.15, 0.2) is 23.2 Å². The smallest absolute Gasteiger partial charge is 0.188 e. The Morgan fingerprint density at radius 1 is 1.19 bits per heavy atom. The molecule has 1 atom stereocenters. The second-order valence-electron chi connectivity index (χ2n) is 6.74. The molecule has 1 unspecified atom stereocenters. The normalized spacial score (nSPS) is 16.5. The highest BCUT2D eigenvalue weighted by Gasteiger charge is 2.13. The third-order valence-electron chi connectivity index (χ3n) is 4.53. The SMILES string of the molecule is COc1ccc(CN=C(N)NCC(C)CN2CCCCC2)cc1OC.I. The third-order valence-corrected chi connectivity index (χ3v) is 4.53. The monoisotopic (exact) mass is 476 g/mol. The van der Waals surface area contributed by atoms with E-state index in [1.54, 1.807) is 14.2 Å². The van der Waals surface area contributed by atoms with Crippen LogP contribution >= 0.6 is 24.0 Å². The van der Waals surface area contributed by atoms with E-state index in [9.17, 15) is 0 Å². The van der Waals surface area contributed by atoms with E-state index >= 15 is 0 Å². The van der Waals surface area contributed by atoms with Gasteiger partial charge in [0.2, 0.25) is 0 Å². The Balaban J connectivity index is 0.00000338. The Hall–Kier alpha value is -1.22. The molecule has 1 heterocycles. The van der Waals surface area contributed by atoms with Crippen molar-refractivity contribution in [3.63, 3.8) is 0 Å². The molecule has 7 heteroatoms. The summed E-state index contributed by atoms with van der Waals surface area (Å²) in [5, 5.41) is 3.24. The van der Waals surface area contributed by atoms with E-state index < -0.39 is 0 Å². The first-order valence-electron chi connectivity index (χ1n) is 9.09. The van der Waals surface area contributed by atoms with Crippen LogP contribution < -0.4 is 20.5 Å². The Labute approximate surface area is 174 Å². The summed E-state index contributed by atoms with van der Waals surface area (Å²) in [6.45, 7) is 7.19. The first-order chi connectivity index (χ1) is 12.1. The second-order valence-corrected chi connectivity index (χ2v) is 6.74. The van der Waals surface area contributed by atoms with Crippen molar-refractivity contribution in [3.8, 4) is 11.5 Å². The fourth-order valence-corrected chi connectivity index (χ4v) is 3.14. The lowest BCUT2D eigenvalue weighted by molar-refractivity contribution is 0.201. The van der Waals surface area contributed by atoms with Crippen molar-refractivity contribution in [2.75, 3.05) is 40.4 Å². The highest BCUT2D eigenvalue weighted by Crippen LogP contribution is 2.27. The van der Waals surface area contributed by atoms with Crippen LogP contribution in [0.1, 0.15) is 31.7 Å². The molecule has 0 saturated carbocycles. The van der Waals surface area contributed by atoms with Crippen molar-refractivity contribution in [1.82, 2.24) is 10.2 Å². The molecule has 3 N–H and O–H groups in total. The fraction of sp³-hybridized carbons (Fsp3) is 0.632. The highest BCUT2D eigenvalue weighted by atomic mass is 127. The van der Waals surface area contributed by atoms with E-state index in [0.717, 1.165) is 18.7 Å². The van der Waals surface area contributed by atoms with Gasteiger partial charge in [-0.2, -0.15) is 0 Å². The van der Waals surface area contributed by atoms with Gasteiger partial charge in [-0.25, -0.2) is 4.99 Å². The van der Waals surface area contributed by atoms with E-state index in [-0.39, 0.29) is 24.0 Å². The van der Waals surface area contributed by atoms with E-state index in [4.69, 9.17) is 15.2 Å². The lowest BCUT2D eigenvalue weighted by Gasteiger charge is -2.29. The molecule has 0 amide bonds. The number of halogens is 1. The molecule has 2 rings (SSSR count). The number of guanidine groups is 1. The molecular formula is C19H33IN4O2. The van der Waals surface area contributed by atoms with Crippen LogP contribution in [-0.2, 0) is 6.54 Å². The number of hydrogen-bond donors (Lipinski definition) is 2. The number of ether oxygens (including phenoxy) is 2. The zero-order chi connectivity index (χ0) is 18.1. The molecule has 26 heavy (non-hydrogen) atoms. The van der Waals surface area contributed by atoms with Gasteiger partial charge in [-0.3, -0.25) is 0 Å². The maximum absolute atomic E-state index is 6.00. The Morgan fingerprint density at radius 2 is 1.88 bits per heavy atom. The number of rotatable bonds is 8. The summed E-state index contributed by atoms with van der Waals surface area (Å²) in [5.74, 6) is 2.46. The zero-order valence-corrected chi connectivity index (χ0v) is 18.5. The first kappa shape index (κ1) is 22.8. The summed E-state index contributed by atoms with van der Waals surface area (Å²) in [5.41, 5.74) is 7.03. The first-order valence-corrected chi connectivity index (χ1v) is 9.09. The molecule has 1 fully saturated rings. The average molecular weight is 476 g/mol. The van der Waals surface area contributed by atoms with Gasteiger partial charge in [0.1, 0.15) is 0 Å². The van der Waals surface area contributed by atoms with Gasteiger partial charge < -0.3 is 25.4 Å². The number of nitrogens with two attached hydrogens (primary N) is 1. The summed E-state index contributed by atoms with van der Waals surface area (Å²) in [4.78, 5) is 6.97. The fourth-order valence-electron chi connectivity index (χ4n) is 3.14.